The lowest BCUT2D eigenvalue weighted by Gasteiger charge is -2.51. The van der Waals surface area contributed by atoms with Gasteiger partial charge in [0.05, 0.1) is 26.5 Å². The summed E-state index contributed by atoms with van der Waals surface area (Å²) in [6, 6.07) is 15.1. The van der Waals surface area contributed by atoms with Gasteiger partial charge >= 0.3 is 0 Å². The molecule has 1 saturated heterocycles. The van der Waals surface area contributed by atoms with E-state index in [4.69, 9.17) is 9.47 Å². The minimum atomic E-state index is -0.677. The first-order valence-corrected chi connectivity index (χ1v) is 12.8. The van der Waals surface area contributed by atoms with E-state index in [9.17, 15) is 9.59 Å². The van der Waals surface area contributed by atoms with Crippen molar-refractivity contribution in [3.05, 3.63) is 83.4 Å². The molecule has 1 atom stereocenters. The zero-order valence-corrected chi connectivity index (χ0v) is 21.8. The van der Waals surface area contributed by atoms with Gasteiger partial charge in [-0.2, -0.15) is 0 Å². The van der Waals surface area contributed by atoms with Crippen LogP contribution in [0.3, 0.4) is 0 Å². The number of H-pyrrole nitrogens is 1. The van der Waals surface area contributed by atoms with Gasteiger partial charge in [0.2, 0.25) is 11.8 Å². The van der Waals surface area contributed by atoms with E-state index in [2.05, 4.69) is 41.3 Å². The van der Waals surface area contributed by atoms with Gasteiger partial charge in [-0.25, -0.2) is 4.98 Å². The van der Waals surface area contributed by atoms with Gasteiger partial charge in [0.1, 0.15) is 17.4 Å². The van der Waals surface area contributed by atoms with Crippen molar-refractivity contribution in [3.8, 4) is 5.75 Å². The maximum atomic E-state index is 13.7. The van der Waals surface area contributed by atoms with Crippen LogP contribution < -0.4 is 10.1 Å². The molecule has 196 valence electrons. The zero-order chi connectivity index (χ0) is 26.3. The predicted molar refractivity (Wildman–Crippen MR) is 141 cm³/mol. The van der Waals surface area contributed by atoms with Crippen molar-refractivity contribution in [1.82, 2.24) is 20.2 Å². The molecule has 2 aromatic carbocycles. The molecule has 0 unspecified atom stereocenters. The first-order valence-electron chi connectivity index (χ1n) is 12.8. The number of aromatic amines is 1. The van der Waals surface area contributed by atoms with Crippen LogP contribution in [-0.4, -0.2) is 59.5 Å². The summed E-state index contributed by atoms with van der Waals surface area (Å²) in [6.45, 7) is 5.69. The van der Waals surface area contributed by atoms with Crippen molar-refractivity contribution in [2.75, 3.05) is 26.8 Å². The Morgan fingerprint density at radius 3 is 2.57 bits per heavy atom. The molecule has 1 aliphatic heterocycles. The van der Waals surface area contributed by atoms with Crippen LogP contribution in [0.5, 0.6) is 5.75 Å². The van der Waals surface area contributed by atoms with Crippen LogP contribution in [0.25, 0.3) is 0 Å². The Bertz CT molecular complexity index is 1170. The molecule has 0 saturated carbocycles. The molecule has 1 aromatic heterocycles. The van der Waals surface area contributed by atoms with E-state index in [-0.39, 0.29) is 18.2 Å². The van der Waals surface area contributed by atoms with Crippen molar-refractivity contribution in [1.29, 1.82) is 0 Å². The number of nitrogens with zero attached hydrogens (tertiary/aromatic N) is 2. The molecule has 3 aromatic rings. The summed E-state index contributed by atoms with van der Waals surface area (Å²) in [5.41, 5.74) is 3.56. The highest BCUT2D eigenvalue weighted by atomic mass is 16.5. The van der Waals surface area contributed by atoms with Gasteiger partial charge in [0.15, 0.2) is 0 Å². The van der Waals surface area contributed by atoms with Crippen LogP contribution in [0, 0.1) is 6.92 Å². The van der Waals surface area contributed by atoms with Gasteiger partial charge in [-0.05, 0) is 48.6 Å². The van der Waals surface area contributed by atoms with Crippen LogP contribution in [-0.2, 0) is 32.8 Å². The largest absolute Gasteiger partial charge is 0.497 e. The number of likely N-dealkylation sites (tertiary alicyclic amines) is 1. The Morgan fingerprint density at radius 2 is 1.92 bits per heavy atom. The third-order valence-corrected chi connectivity index (χ3v) is 6.83. The lowest BCUT2D eigenvalue weighted by Crippen LogP contribution is -2.66. The number of ether oxygens (including phenoxy) is 2. The molecular formula is C29H36N4O4. The summed E-state index contributed by atoms with van der Waals surface area (Å²) in [7, 11) is 1.62. The van der Waals surface area contributed by atoms with Gasteiger partial charge in [0.25, 0.3) is 0 Å². The van der Waals surface area contributed by atoms with E-state index in [1.54, 1.807) is 24.5 Å². The number of amides is 2. The maximum Gasteiger partial charge on any atom is 0.245 e. The number of carbonyl (C=O) groups is 2. The topological polar surface area (TPSA) is 96.6 Å². The highest BCUT2D eigenvalue weighted by molar-refractivity contribution is 5.88. The minimum Gasteiger partial charge on any atom is -0.497 e. The van der Waals surface area contributed by atoms with Crippen molar-refractivity contribution in [2.45, 2.75) is 51.2 Å². The third kappa shape index (κ3) is 6.38. The smallest absolute Gasteiger partial charge is 0.245 e. The van der Waals surface area contributed by atoms with Gasteiger partial charge in [-0.1, -0.05) is 43.3 Å². The summed E-state index contributed by atoms with van der Waals surface area (Å²) >= 11 is 0. The highest BCUT2D eigenvalue weighted by Gasteiger charge is 2.49. The average Bonchev–Trinajstić information content (AvgIpc) is 3.41. The van der Waals surface area contributed by atoms with Gasteiger partial charge in [-0.15, -0.1) is 0 Å². The fourth-order valence-corrected chi connectivity index (χ4v) is 4.80. The van der Waals surface area contributed by atoms with E-state index in [0.717, 1.165) is 34.6 Å². The van der Waals surface area contributed by atoms with E-state index in [0.29, 0.717) is 32.5 Å². The fraction of sp³-hybridized carbons (Fsp3) is 0.414. The predicted octanol–water partition coefficient (Wildman–Crippen LogP) is 3.55. The minimum absolute atomic E-state index is 0.102. The van der Waals surface area contributed by atoms with Crippen LogP contribution in [0.4, 0.5) is 0 Å². The summed E-state index contributed by atoms with van der Waals surface area (Å²) in [4.78, 5) is 35.4. The second-order valence-electron chi connectivity index (χ2n) is 9.60. The van der Waals surface area contributed by atoms with Crippen molar-refractivity contribution in [2.24, 2.45) is 0 Å². The molecule has 2 N–H and O–H groups in total. The molecule has 1 aliphatic rings. The van der Waals surface area contributed by atoms with Gasteiger partial charge in [-0.3, -0.25) is 9.59 Å². The first-order chi connectivity index (χ1) is 17.9. The highest BCUT2D eigenvalue weighted by Crippen LogP contribution is 2.38. The number of benzene rings is 2. The Kier molecular flexibility index (Phi) is 8.61. The van der Waals surface area contributed by atoms with Crippen LogP contribution >= 0.6 is 0 Å². The molecule has 4 rings (SSSR count). The SMILES string of the molecule is CCCOC1(c2ccccc2C)CN(C(=O)[C@@H](Cc2ccc(OC)cc2)NC(=O)CCc2cnc[nH]2)C1. The number of hydrogen-bond acceptors (Lipinski definition) is 5. The Hall–Kier alpha value is -3.65. The first kappa shape index (κ1) is 26.4. The van der Waals surface area contributed by atoms with Crippen LogP contribution in [0.1, 0.15) is 42.1 Å². The van der Waals surface area contributed by atoms with E-state index < -0.39 is 11.6 Å². The second kappa shape index (κ2) is 12.1. The van der Waals surface area contributed by atoms with E-state index >= 15 is 0 Å². The number of aromatic nitrogens is 2. The van der Waals surface area contributed by atoms with Crippen molar-refractivity contribution >= 4 is 11.8 Å². The Balaban J connectivity index is 1.48. The maximum absolute atomic E-state index is 13.7. The quantitative estimate of drug-likeness (QED) is 0.393. The molecular weight excluding hydrogens is 468 g/mol. The summed E-state index contributed by atoms with van der Waals surface area (Å²) in [5, 5.41) is 2.99. The molecule has 2 heterocycles. The van der Waals surface area contributed by atoms with E-state index in [1.807, 2.05) is 36.4 Å². The number of carbonyl (C=O) groups excluding carboxylic acids is 2. The molecule has 2 amide bonds. The fourth-order valence-electron chi connectivity index (χ4n) is 4.80. The molecule has 37 heavy (non-hydrogen) atoms. The molecule has 0 spiro atoms. The van der Waals surface area contributed by atoms with E-state index in [1.165, 1.54) is 0 Å². The summed E-state index contributed by atoms with van der Waals surface area (Å²) in [5.74, 6) is 0.471. The standard InChI is InChI=1S/C29H36N4O4/c1-4-15-37-29(25-8-6-5-7-21(25)2)18-33(19-29)28(35)26(16-22-9-12-24(36-3)13-10-22)32-27(34)14-11-23-17-30-20-31-23/h5-10,12-13,17,20,26H,4,11,14-16,18-19H2,1-3H3,(H,30,31)(H,32,34)/t26-/m1/s1. The van der Waals surface area contributed by atoms with Crippen molar-refractivity contribution in [3.63, 3.8) is 0 Å². The molecule has 8 nitrogen and oxygen atoms in total. The number of hydrogen-bond donors (Lipinski definition) is 2. The van der Waals surface area contributed by atoms with Crippen LogP contribution in [0.2, 0.25) is 0 Å². The molecule has 0 bridgehead atoms. The summed E-state index contributed by atoms with van der Waals surface area (Å²) in [6.07, 6.45) is 5.38. The number of aryl methyl sites for hydroxylation is 2. The van der Waals surface area contributed by atoms with Crippen LogP contribution in [0.15, 0.2) is 61.1 Å². The molecule has 8 heteroatoms. The zero-order valence-electron chi connectivity index (χ0n) is 21.8. The molecule has 0 aliphatic carbocycles. The molecule has 0 radical (unpaired) electrons. The second-order valence-corrected chi connectivity index (χ2v) is 9.60. The normalized spacial score (nSPS) is 15.1. The lowest BCUT2D eigenvalue weighted by molar-refractivity contribution is -0.175. The van der Waals surface area contributed by atoms with Gasteiger partial charge < -0.3 is 24.7 Å². The Labute approximate surface area is 218 Å². The number of methoxy groups -OCH3 is 1. The van der Waals surface area contributed by atoms with Gasteiger partial charge in [0, 0.05) is 31.3 Å². The third-order valence-electron chi connectivity index (χ3n) is 6.83. The molecule has 1 fully saturated rings. The number of nitrogens with one attached hydrogen (secondary N) is 2. The number of imidazole rings is 1. The summed E-state index contributed by atoms with van der Waals surface area (Å²) < 4.78 is 11.6. The monoisotopic (exact) mass is 504 g/mol. The average molecular weight is 505 g/mol. The number of rotatable bonds is 12. The lowest BCUT2D eigenvalue weighted by atomic mass is 9.82. The van der Waals surface area contributed by atoms with Crippen molar-refractivity contribution < 1.29 is 19.1 Å². The Morgan fingerprint density at radius 1 is 1.16 bits per heavy atom.